The number of hydrogen-bond acceptors (Lipinski definition) is 4. The van der Waals surface area contributed by atoms with Crippen LogP contribution in [-0.4, -0.2) is 32.8 Å². The van der Waals surface area contributed by atoms with Crippen molar-refractivity contribution in [2.75, 3.05) is 20.8 Å². The van der Waals surface area contributed by atoms with Gasteiger partial charge < -0.3 is 19.5 Å². The number of benzene rings is 2. The highest BCUT2D eigenvalue weighted by Gasteiger charge is 2.13. The predicted molar refractivity (Wildman–Crippen MR) is 97.4 cm³/mol. The van der Waals surface area contributed by atoms with Crippen molar-refractivity contribution < 1.29 is 19.0 Å². The molecule has 1 atom stereocenters. The average molecular weight is 343 g/mol. The molecule has 0 bridgehead atoms. The molecule has 1 N–H and O–H groups in total. The Balaban J connectivity index is 1.71. The van der Waals surface area contributed by atoms with Crippen LogP contribution in [0.4, 0.5) is 0 Å². The number of nitrogens with one attached hydrogen (secondary N) is 1. The summed E-state index contributed by atoms with van der Waals surface area (Å²) in [6.07, 6.45) is 1.18. The summed E-state index contributed by atoms with van der Waals surface area (Å²) in [5, 5.41) is 2.90. The van der Waals surface area contributed by atoms with Crippen LogP contribution in [0.2, 0.25) is 0 Å². The smallest absolute Gasteiger partial charge is 0.260 e. The van der Waals surface area contributed by atoms with Crippen LogP contribution < -0.4 is 19.5 Å². The van der Waals surface area contributed by atoms with Crippen molar-refractivity contribution in [2.24, 2.45) is 0 Å². The first-order valence-corrected chi connectivity index (χ1v) is 8.33. The van der Waals surface area contributed by atoms with Gasteiger partial charge in [0.25, 0.3) is 5.91 Å². The molecule has 134 valence electrons. The Labute approximate surface area is 148 Å². The lowest BCUT2D eigenvalue weighted by atomic mass is 10.1. The minimum Gasteiger partial charge on any atom is -0.497 e. The predicted octanol–water partition coefficient (Wildman–Crippen LogP) is 3.22. The molecule has 0 saturated heterocycles. The SMILES string of the molecule is COc1ccc(OC(C)C(=O)NCCCc2cccc(OC)c2)cc1. The molecule has 0 aliphatic rings. The molecule has 2 aromatic carbocycles. The third-order valence-corrected chi connectivity index (χ3v) is 3.82. The Kier molecular flexibility index (Phi) is 7.14. The maximum Gasteiger partial charge on any atom is 0.260 e. The lowest BCUT2D eigenvalue weighted by Crippen LogP contribution is -2.36. The quantitative estimate of drug-likeness (QED) is 0.710. The van der Waals surface area contributed by atoms with Gasteiger partial charge in [0.15, 0.2) is 6.10 Å². The van der Waals surface area contributed by atoms with Crippen molar-refractivity contribution >= 4 is 5.91 Å². The number of hydrogen-bond donors (Lipinski definition) is 1. The third kappa shape index (κ3) is 6.03. The number of carbonyl (C=O) groups excluding carboxylic acids is 1. The maximum absolute atomic E-state index is 12.1. The molecule has 1 amide bonds. The maximum atomic E-state index is 12.1. The molecule has 0 fully saturated rings. The molecule has 0 spiro atoms. The standard InChI is InChI=1S/C20H25NO4/c1-15(25-18-11-9-17(23-2)10-12-18)20(22)21-13-5-7-16-6-4-8-19(14-16)24-3/h4,6,8-12,14-15H,5,7,13H2,1-3H3,(H,21,22). The fourth-order valence-electron chi connectivity index (χ4n) is 2.39. The van der Waals surface area contributed by atoms with Crippen LogP contribution in [0.25, 0.3) is 0 Å². The van der Waals surface area contributed by atoms with Gasteiger partial charge in [-0.05, 0) is 61.7 Å². The van der Waals surface area contributed by atoms with Gasteiger partial charge in [-0.25, -0.2) is 0 Å². The molecule has 0 aliphatic heterocycles. The van der Waals surface area contributed by atoms with Crippen molar-refractivity contribution in [1.82, 2.24) is 5.32 Å². The summed E-state index contributed by atoms with van der Waals surface area (Å²) in [7, 11) is 3.26. The van der Waals surface area contributed by atoms with Crippen molar-refractivity contribution in [3.63, 3.8) is 0 Å². The Morgan fingerprint density at radius 1 is 1.00 bits per heavy atom. The molecule has 5 heteroatoms. The van der Waals surface area contributed by atoms with Gasteiger partial charge in [0.2, 0.25) is 0 Å². The summed E-state index contributed by atoms with van der Waals surface area (Å²) < 4.78 is 15.9. The van der Waals surface area contributed by atoms with E-state index in [1.807, 2.05) is 18.2 Å². The molecular formula is C20H25NO4. The molecule has 25 heavy (non-hydrogen) atoms. The number of aryl methyl sites for hydroxylation is 1. The molecule has 0 aromatic heterocycles. The van der Waals surface area contributed by atoms with Crippen LogP contribution in [0, 0.1) is 0 Å². The van der Waals surface area contributed by atoms with Gasteiger partial charge in [0.1, 0.15) is 17.2 Å². The van der Waals surface area contributed by atoms with Crippen LogP contribution >= 0.6 is 0 Å². The molecule has 0 aliphatic carbocycles. The van der Waals surface area contributed by atoms with E-state index in [9.17, 15) is 4.79 Å². The van der Waals surface area contributed by atoms with E-state index in [1.165, 1.54) is 5.56 Å². The Morgan fingerprint density at radius 3 is 2.36 bits per heavy atom. The molecule has 0 saturated carbocycles. The minimum atomic E-state index is -0.551. The fraction of sp³-hybridized carbons (Fsp3) is 0.350. The molecule has 5 nitrogen and oxygen atoms in total. The number of rotatable bonds is 9. The molecule has 2 rings (SSSR count). The van der Waals surface area contributed by atoms with Crippen molar-refractivity contribution in [3.05, 3.63) is 54.1 Å². The highest BCUT2D eigenvalue weighted by molar-refractivity contribution is 5.80. The van der Waals surface area contributed by atoms with E-state index in [0.717, 1.165) is 24.3 Å². The number of carbonyl (C=O) groups is 1. The largest absolute Gasteiger partial charge is 0.497 e. The molecule has 1 unspecified atom stereocenters. The zero-order chi connectivity index (χ0) is 18.1. The first-order chi connectivity index (χ1) is 12.1. The first kappa shape index (κ1) is 18.6. The second-order valence-electron chi connectivity index (χ2n) is 5.68. The van der Waals surface area contributed by atoms with Gasteiger partial charge >= 0.3 is 0 Å². The third-order valence-electron chi connectivity index (χ3n) is 3.82. The highest BCUT2D eigenvalue weighted by Crippen LogP contribution is 2.18. The minimum absolute atomic E-state index is 0.124. The van der Waals surface area contributed by atoms with E-state index in [0.29, 0.717) is 12.3 Å². The molecular weight excluding hydrogens is 318 g/mol. The zero-order valence-corrected chi connectivity index (χ0v) is 15.0. The van der Waals surface area contributed by atoms with Gasteiger partial charge in [-0.2, -0.15) is 0 Å². The van der Waals surface area contributed by atoms with E-state index in [4.69, 9.17) is 14.2 Å². The van der Waals surface area contributed by atoms with Gasteiger partial charge in [0.05, 0.1) is 14.2 Å². The summed E-state index contributed by atoms with van der Waals surface area (Å²) in [4.78, 5) is 12.1. The fourth-order valence-corrected chi connectivity index (χ4v) is 2.39. The van der Waals surface area contributed by atoms with Crippen LogP contribution in [0.15, 0.2) is 48.5 Å². The second-order valence-corrected chi connectivity index (χ2v) is 5.68. The normalized spacial score (nSPS) is 11.5. The van der Waals surface area contributed by atoms with Crippen LogP contribution in [0.3, 0.4) is 0 Å². The lowest BCUT2D eigenvalue weighted by Gasteiger charge is -2.15. The summed E-state index contributed by atoms with van der Waals surface area (Å²) >= 11 is 0. The lowest BCUT2D eigenvalue weighted by molar-refractivity contribution is -0.127. The van der Waals surface area contributed by atoms with E-state index in [2.05, 4.69) is 11.4 Å². The van der Waals surface area contributed by atoms with Gasteiger partial charge in [0, 0.05) is 6.54 Å². The van der Waals surface area contributed by atoms with E-state index >= 15 is 0 Å². The number of ether oxygens (including phenoxy) is 3. The van der Waals surface area contributed by atoms with E-state index < -0.39 is 6.10 Å². The monoisotopic (exact) mass is 343 g/mol. The van der Waals surface area contributed by atoms with Crippen molar-refractivity contribution in [2.45, 2.75) is 25.9 Å². The second kappa shape index (κ2) is 9.57. The van der Waals surface area contributed by atoms with Crippen molar-refractivity contribution in [3.8, 4) is 17.2 Å². The number of methoxy groups -OCH3 is 2. The molecule has 2 aromatic rings. The molecule has 0 radical (unpaired) electrons. The Bertz CT molecular complexity index is 670. The summed E-state index contributed by atoms with van der Waals surface area (Å²) in [5.41, 5.74) is 1.19. The first-order valence-electron chi connectivity index (χ1n) is 8.33. The Hall–Kier alpha value is -2.69. The summed E-state index contributed by atoms with van der Waals surface area (Å²) in [6.45, 7) is 2.34. The zero-order valence-electron chi connectivity index (χ0n) is 15.0. The summed E-state index contributed by atoms with van der Waals surface area (Å²) in [6, 6.07) is 15.1. The van der Waals surface area contributed by atoms with Crippen LogP contribution in [0.1, 0.15) is 18.9 Å². The summed E-state index contributed by atoms with van der Waals surface area (Å²) in [5.74, 6) is 2.12. The van der Waals surface area contributed by atoms with Gasteiger partial charge in [-0.1, -0.05) is 12.1 Å². The topological polar surface area (TPSA) is 56.8 Å². The van der Waals surface area contributed by atoms with Crippen molar-refractivity contribution in [1.29, 1.82) is 0 Å². The number of amides is 1. The average Bonchev–Trinajstić information content (AvgIpc) is 2.65. The van der Waals surface area contributed by atoms with Gasteiger partial charge in [-0.15, -0.1) is 0 Å². The highest BCUT2D eigenvalue weighted by atomic mass is 16.5. The Morgan fingerprint density at radius 2 is 1.68 bits per heavy atom. The molecule has 0 heterocycles. The van der Waals surface area contributed by atoms with E-state index in [1.54, 1.807) is 45.4 Å². The van der Waals surface area contributed by atoms with E-state index in [-0.39, 0.29) is 5.91 Å². The van der Waals surface area contributed by atoms with Crippen LogP contribution in [0.5, 0.6) is 17.2 Å². The van der Waals surface area contributed by atoms with Crippen LogP contribution in [-0.2, 0) is 11.2 Å². The van der Waals surface area contributed by atoms with Gasteiger partial charge in [-0.3, -0.25) is 4.79 Å².